The van der Waals surface area contributed by atoms with Crippen LogP contribution in [0.4, 0.5) is 4.79 Å². The highest BCUT2D eigenvalue weighted by Crippen LogP contribution is 2.01. The Kier molecular flexibility index (Phi) is 5.99. The molecule has 6 nitrogen and oxygen atoms in total. The summed E-state index contributed by atoms with van der Waals surface area (Å²) in [4.78, 5) is 24.1. The molecule has 0 aromatic heterocycles. The highest BCUT2D eigenvalue weighted by atomic mass is 16.4. The van der Waals surface area contributed by atoms with E-state index in [4.69, 9.17) is 5.11 Å². The van der Waals surface area contributed by atoms with E-state index in [1.165, 1.54) is 11.8 Å². The van der Waals surface area contributed by atoms with Gasteiger partial charge >= 0.3 is 12.0 Å². The van der Waals surface area contributed by atoms with Gasteiger partial charge < -0.3 is 20.4 Å². The molecule has 2 unspecified atom stereocenters. The molecule has 20 heavy (non-hydrogen) atoms. The summed E-state index contributed by atoms with van der Waals surface area (Å²) < 4.78 is 0. The zero-order valence-corrected chi connectivity index (χ0v) is 11.6. The van der Waals surface area contributed by atoms with Crippen molar-refractivity contribution in [2.45, 2.75) is 25.5 Å². The van der Waals surface area contributed by atoms with Gasteiger partial charge in [0.25, 0.3) is 0 Å². The maximum atomic E-state index is 11.8. The van der Waals surface area contributed by atoms with Crippen LogP contribution in [0.2, 0.25) is 0 Å². The molecule has 0 aliphatic heterocycles. The summed E-state index contributed by atoms with van der Waals surface area (Å²) >= 11 is 0. The molecule has 1 rings (SSSR count). The topological polar surface area (TPSA) is 89.9 Å². The van der Waals surface area contributed by atoms with Crippen LogP contribution < -0.4 is 5.32 Å². The van der Waals surface area contributed by atoms with Gasteiger partial charge in [-0.15, -0.1) is 0 Å². The third kappa shape index (κ3) is 4.89. The molecule has 0 bridgehead atoms. The van der Waals surface area contributed by atoms with Gasteiger partial charge in [-0.3, -0.25) is 0 Å². The van der Waals surface area contributed by atoms with Crippen molar-refractivity contribution in [3.05, 3.63) is 35.9 Å². The van der Waals surface area contributed by atoms with E-state index in [0.717, 1.165) is 5.56 Å². The first-order valence-corrected chi connectivity index (χ1v) is 6.38. The lowest BCUT2D eigenvalue weighted by Gasteiger charge is -2.22. The molecule has 2 atom stereocenters. The summed E-state index contributed by atoms with van der Waals surface area (Å²) in [6, 6.07) is 7.85. The smallest absolute Gasteiger partial charge is 0.328 e. The first-order chi connectivity index (χ1) is 9.41. The summed E-state index contributed by atoms with van der Waals surface area (Å²) in [5, 5.41) is 20.5. The molecule has 0 aliphatic rings. The maximum absolute atomic E-state index is 11.8. The van der Waals surface area contributed by atoms with Gasteiger partial charge in [-0.25, -0.2) is 9.59 Å². The van der Waals surface area contributed by atoms with E-state index < -0.39 is 24.1 Å². The summed E-state index contributed by atoms with van der Waals surface area (Å²) in [6.45, 7) is 1.78. The summed E-state index contributed by atoms with van der Waals surface area (Å²) in [5.74, 6) is -1.26. The predicted molar refractivity (Wildman–Crippen MR) is 74.4 cm³/mol. The van der Waals surface area contributed by atoms with Crippen LogP contribution in [0.25, 0.3) is 0 Å². The number of aliphatic hydroxyl groups is 1. The normalized spacial score (nSPS) is 13.3. The highest BCUT2D eigenvalue weighted by molar-refractivity contribution is 5.82. The Morgan fingerprint density at radius 3 is 2.40 bits per heavy atom. The van der Waals surface area contributed by atoms with Crippen LogP contribution in [0.15, 0.2) is 30.3 Å². The van der Waals surface area contributed by atoms with E-state index in [1.54, 1.807) is 7.05 Å². The molecule has 3 N–H and O–H groups in total. The van der Waals surface area contributed by atoms with E-state index in [9.17, 15) is 14.7 Å². The largest absolute Gasteiger partial charge is 0.480 e. The molecule has 0 saturated heterocycles. The zero-order valence-electron chi connectivity index (χ0n) is 11.6. The minimum atomic E-state index is -1.30. The van der Waals surface area contributed by atoms with Gasteiger partial charge in [0.2, 0.25) is 0 Å². The number of aliphatic carboxylic acids is 1. The van der Waals surface area contributed by atoms with Crippen molar-refractivity contribution < 1.29 is 19.8 Å². The summed E-state index contributed by atoms with van der Waals surface area (Å²) in [7, 11) is 1.58. The van der Waals surface area contributed by atoms with Crippen LogP contribution in [-0.4, -0.2) is 52.9 Å². The fraction of sp³-hybridized carbons (Fsp3) is 0.429. The molecule has 110 valence electrons. The number of likely N-dealkylation sites (N-methyl/N-ethyl adjacent to an activating group) is 1. The standard InChI is InChI=1S/C14H20N2O4/c1-10(17)12(13(18)19)15-14(20)16(2)9-8-11-6-4-3-5-7-11/h3-7,10,12,17H,8-9H2,1-2H3,(H,15,20)(H,18,19). The Hall–Kier alpha value is -2.08. The number of nitrogens with one attached hydrogen (secondary N) is 1. The third-order valence-corrected chi connectivity index (χ3v) is 2.95. The molecule has 6 heteroatoms. The number of carbonyl (C=O) groups excluding carboxylic acids is 1. The lowest BCUT2D eigenvalue weighted by molar-refractivity contribution is -0.141. The average molecular weight is 280 g/mol. The number of hydrogen-bond acceptors (Lipinski definition) is 3. The van der Waals surface area contributed by atoms with Gasteiger partial charge in [-0.05, 0) is 18.9 Å². The average Bonchev–Trinajstić information content (AvgIpc) is 2.42. The van der Waals surface area contributed by atoms with Crippen LogP contribution in [0.5, 0.6) is 0 Å². The van der Waals surface area contributed by atoms with E-state index in [1.807, 2.05) is 30.3 Å². The first kappa shape index (κ1) is 16.0. The van der Waals surface area contributed by atoms with Gasteiger partial charge in [-0.1, -0.05) is 30.3 Å². The quantitative estimate of drug-likeness (QED) is 0.715. The number of rotatable bonds is 6. The minimum Gasteiger partial charge on any atom is -0.480 e. The number of carbonyl (C=O) groups is 2. The van der Waals surface area contributed by atoms with Crippen molar-refractivity contribution in [2.75, 3.05) is 13.6 Å². The number of carboxylic acid groups (broad SMARTS) is 1. The fourth-order valence-corrected chi connectivity index (χ4v) is 1.67. The first-order valence-electron chi connectivity index (χ1n) is 6.38. The second kappa shape index (κ2) is 7.49. The molecule has 2 amide bonds. The van der Waals surface area contributed by atoms with Crippen LogP contribution in [0.3, 0.4) is 0 Å². The Morgan fingerprint density at radius 1 is 1.30 bits per heavy atom. The predicted octanol–water partition coefficient (Wildman–Crippen LogP) is 0.704. The van der Waals surface area contributed by atoms with E-state index >= 15 is 0 Å². The Balaban J connectivity index is 2.48. The van der Waals surface area contributed by atoms with Crippen molar-refractivity contribution in [2.24, 2.45) is 0 Å². The summed E-state index contributed by atoms with van der Waals surface area (Å²) in [6.07, 6.45) is -0.476. The number of amides is 2. The van der Waals surface area contributed by atoms with Crippen LogP contribution >= 0.6 is 0 Å². The molecule has 0 saturated carbocycles. The van der Waals surface area contributed by atoms with Gasteiger partial charge in [-0.2, -0.15) is 0 Å². The van der Waals surface area contributed by atoms with Gasteiger partial charge in [0.05, 0.1) is 6.10 Å². The van der Waals surface area contributed by atoms with Crippen molar-refractivity contribution in [3.63, 3.8) is 0 Å². The van der Waals surface area contributed by atoms with E-state index in [-0.39, 0.29) is 0 Å². The zero-order chi connectivity index (χ0) is 15.1. The second-order valence-electron chi connectivity index (χ2n) is 4.66. The number of nitrogens with zero attached hydrogens (tertiary/aromatic N) is 1. The lowest BCUT2D eigenvalue weighted by atomic mass is 10.1. The van der Waals surface area contributed by atoms with E-state index in [2.05, 4.69) is 5.32 Å². The molecule has 0 radical (unpaired) electrons. The van der Waals surface area contributed by atoms with E-state index in [0.29, 0.717) is 13.0 Å². The Labute approximate surface area is 118 Å². The van der Waals surface area contributed by atoms with Crippen LogP contribution in [-0.2, 0) is 11.2 Å². The van der Waals surface area contributed by atoms with Gasteiger partial charge in [0.15, 0.2) is 6.04 Å². The van der Waals surface area contributed by atoms with Crippen molar-refractivity contribution >= 4 is 12.0 Å². The molecule has 0 spiro atoms. The highest BCUT2D eigenvalue weighted by Gasteiger charge is 2.26. The van der Waals surface area contributed by atoms with Crippen LogP contribution in [0, 0.1) is 0 Å². The molecular weight excluding hydrogens is 260 g/mol. The number of urea groups is 1. The monoisotopic (exact) mass is 280 g/mol. The van der Waals surface area contributed by atoms with Gasteiger partial charge in [0, 0.05) is 13.6 Å². The second-order valence-corrected chi connectivity index (χ2v) is 4.66. The van der Waals surface area contributed by atoms with Crippen molar-refractivity contribution in [3.8, 4) is 0 Å². The molecule has 0 heterocycles. The molecular formula is C14H20N2O4. The van der Waals surface area contributed by atoms with Crippen molar-refractivity contribution in [1.82, 2.24) is 10.2 Å². The Morgan fingerprint density at radius 2 is 1.90 bits per heavy atom. The number of carboxylic acids is 1. The fourth-order valence-electron chi connectivity index (χ4n) is 1.67. The third-order valence-electron chi connectivity index (χ3n) is 2.95. The van der Waals surface area contributed by atoms with Crippen molar-refractivity contribution in [1.29, 1.82) is 0 Å². The molecule has 0 aliphatic carbocycles. The molecule has 1 aromatic carbocycles. The number of benzene rings is 1. The number of hydrogen-bond donors (Lipinski definition) is 3. The molecule has 0 fully saturated rings. The molecule has 1 aromatic rings. The SMILES string of the molecule is CC(O)C(NC(=O)N(C)CCc1ccccc1)C(=O)O. The minimum absolute atomic E-state index is 0.460. The summed E-state index contributed by atoms with van der Waals surface area (Å²) in [5.41, 5.74) is 1.09. The van der Waals surface area contributed by atoms with Crippen LogP contribution in [0.1, 0.15) is 12.5 Å². The maximum Gasteiger partial charge on any atom is 0.328 e. The number of aliphatic hydroxyl groups excluding tert-OH is 1. The Bertz CT molecular complexity index is 448. The lowest BCUT2D eigenvalue weighted by Crippen LogP contribution is -2.51. The van der Waals surface area contributed by atoms with Gasteiger partial charge in [0.1, 0.15) is 0 Å².